The number of benzene rings is 1. The molecule has 0 atom stereocenters. The second-order valence-electron chi connectivity index (χ2n) is 3.51. The summed E-state index contributed by atoms with van der Waals surface area (Å²) in [6.45, 7) is 4.43. The number of carbonyl (C=O) groups is 1. The minimum Gasteiger partial charge on any atom is -0.449 e. The summed E-state index contributed by atoms with van der Waals surface area (Å²) in [4.78, 5) is 13.0. The van der Waals surface area contributed by atoms with Gasteiger partial charge >= 0.3 is 6.09 Å². The van der Waals surface area contributed by atoms with E-state index in [1.54, 1.807) is 7.05 Å². The molecule has 0 N–H and O–H groups in total. The highest BCUT2D eigenvalue weighted by atomic mass is 16.6. The first-order valence-electron chi connectivity index (χ1n) is 5.12. The lowest BCUT2D eigenvalue weighted by Crippen LogP contribution is -2.27. The van der Waals surface area contributed by atoms with Crippen LogP contribution < -0.4 is 4.90 Å². The molecule has 1 amide bonds. The second-order valence-corrected chi connectivity index (χ2v) is 3.51. The average molecular weight is 207 g/mol. The van der Waals surface area contributed by atoms with E-state index in [1.165, 1.54) is 4.90 Å². The molecule has 3 nitrogen and oxygen atoms in total. The van der Waals surface area contributed by atoms with Gasteiger partial charge in [0.05, 0.1) is 6.61 Å². The SMILES string of the molecule is CCCOC(=O)N(C)c1cccc(C)c1. The fraction of sp³-hybridized carbons (Fsp3) is 0.417. The molecular weight excluding hydrogens is 190 g/mol. The number of nitrogens with zero attached hydrogens (tertiary/aromatic N) is 1. The maximum Gasteiger partial charge on any atom is 0.414 e. The van der Waals surface area contributed by atoms with E-state index in [0.717, 1.165) is 17.7 Å². The lowest BCUT2D eigenvalue weighted by atomic mass is 10.2. The van der Waals surface area contributed by atoms with Crippen LogP contribution in [0.1, 0.15) is 18.9 Å². The van der Waals surface area contributed by atoms with E-state index >= 15 is 0 Å². The van der Waals surface area contributed by atoms with Crippen molar-refractivity contribution in [3.63, 3.8) is 0 Å². The first kappa shape index (κ1) is 11.6. The molecule has 0 fully saturated rings. The summed E-state index contributed by atoms with van der Waals surface area (Å²) in [5.41, 5.74) is 1.98. The molecule has 0 saturated heterocycles. The third-order valence-electron chi connectivity index (χ3n) is 2.09. The van der Waals surface area contributed by atoms with Crippen LogP contribution in [0.2, 0.25) is 0 Å². The molecule has 3 heteroatoms. The fourth-order valence-electron chi connectivity index (χ4n) is 1.23. The number of amides is 1. The van der Waals surface area contributed by atoms with Crippen LogP contribution in [0.4, 0.5) is 10.5 Å². The van der Waals surface area contributed by atoms with E-state index in [0.29, 0.717) is 6.61 Å². The third kappa shape index (κ3) is 3.27. The molecule has 0 aromatic heterocycles. The van der Waals surface area contributed by atoms with Gasteiger partial charge in [-0.05, 0) is 31.0 Å². The Hall–Kier alpha value is -1.51. The van der Waals surface area contributed by atoms with Crippen LogP contribution in [0.3, 0.4) is 0 Å². The second kappa shape index (κ2) is 5.39. The molecule has 0 aliphatic rings. The van der Waals surface area contributed by atoms with Crippen molar-refractivity contribution in [2.75, 3.05) is 18.6 Å². The molecule has 0 heterocycles. The van der Waals surface area contributed by atoms with E-state index in [9.17, 15) is 4.79 Å². The number of hydrogen-bond acceptors (Lipinski definition) is 2. The summed E-state index contributed by atoms with van der Waals surface area (Å²) in [7, 11) is 1.72. The van der Waals surface area contributed by atoms with Gasteiger partial charge in [-0.25, -0.2) is 4.79 Å². The van der Waals surface area contributed by atoms with Gasteiger partial charge in [0, 0.05) is 12.7 Å². The number of anilines is 1. The molecule has 0 spiro atoms. The van der Waals surface area contributed by atoms with Gasteiger partial charge in [-0.15, -0.1) is 0 Å². The minimum absolute atomic E-state index is 0.303. The quantitative estimate of drug-likeness (QED) is 0.762. The summed E-state index contributed by atoms with van der Waals surface area (Å²) in [5.74, 6) is 0. The zero-order valence-corrected chi connectivity index (χ0v) is 9.49. The number of rotatable bonds is 3. The van der Waals surface area contributed by atoms with Gasteiger partial charge < -0.3 is 4.74 Å². The van der Waals surface area contributed by atoms with Gasteiger partial charge in [0.1, 0.15) is 0 Å². The van der Waals surface area contributed by atoms with Crippen molar-refractivity contribution < 1.29 is 9.53 Å². The Bertz CT molecular complexity index is 336. The van der Waals surface area contributed by atoms with Crippen LogP contribution in [0.5, 0.6) is 0 Å². The molecule has 0 aliphatic heterocycles. The van der Waals surface area contributed by atoms with Crippen LogP contribution in [-0.4, -0.2) is 19.7 Å². The Morgan fingerprint density at radius 2 is 2.20 bits per heavy atom. The highest BCUT2D eigenvalue weighted by Gasteiger charge is 2.11. The highest BCUT2D eigenvalue weighted by molar-refractivity contribution is 5.86. The molecule has 0 unspecified atom stereocenters. The number of ether oxygens (including phenoxy) is 1. The minimum atomic E-state index is -0.303. The maximum absolute atomic E-state index is 11.5. The van der Waals surface area contributed by atoms with Crippen LogP contribution >= 0.6 is 0 Å². The van der Waals surface area contributed by atoms with Crippen LogP contribution in [0, 0.1) is 6.92 Å². The van der Waals surface area contributed by atoms with Crippen molar-refractivity contribution in [1.29, 1.82) is 0 Å². The Morgan fingerprint density at radius 1 is 1.47 bits per heavy atom. The van der Waals surface area contributed by atoms with Gasteiger partial charge in [0.2, 0.25) is 0 Å². The van der Waals surface area contributed by atoms with Gasteiger partial charge in [0.25, 0.3) is 0 Å². The van der Waals surface area contributed by atoms with Crippen LogP contribution in [0.25, 0.3) is 0 Å². The number of aryl methyl sites for hydroxylation is 1. The number of hydrogen-bond donors (Lipinski definition) is 0. The predicted octanol–water partition coefficient (Wildman–Crippen LogP) is 2.98. The fourth-order valence-corrected chi connectivity index (χ4v) is 1.23. The molecule has 0 radical (unpaired) electrons. The van der Waals surface area contributed by atoms with Crippen molar-refractivity contribution in [2.24, 2.45) is 0 Å². The lowest BCUT2D eigenvalue weighted by Gasteiger charge is -2.17. The van der Waals surface area contributed by atoms with E-state index in [-0.39, 0.29) is 6.09 Å². The molecule has 0 aliphatic carbocycles. The van der Waals surface area contributed by atoms with Crippen molar-refractivity contribution in [3.05, 3.63) is 29.8 Å². The van der Waals surface area contributed by atoms with Crippen molar-refractivity contribution in [2.45, 2.75) is 20.3 Å². The topological polar surface area (TPSA) is 29.5 Å². The average Bonchev–Trinajstić information content (AvgIpc) is 2.24. The summed E-state index contributed by atoms with van der Waals surface area (Å²) in [6, 6.07) is 7.76. The monoisotopic (exact) mass is 207 g/mol. The molecule has 1 rings (SSSR count). The Balaban J connectivity index is 2.67. The summed E-state index contributed by atoms with van der Waals surface area (Å²) in [6.07, 6.45) is 0.537. The summed E-state index contributed by atoms with van der Waals surface area (Å²) >= 11 is 0. The molecule has 1 aromatic rings. The lowest BCUT2D eigenvalue weighted by molar-refractivity contribution is 0.155. The van der Waals surface area contributed by atoms with Gasteiger partial charge in [0.15, 0.2) is 0 Å². The summed E-state index contributed by atoms with van der Waals surface area (Å²) in [5, 5.41) is 0. The van der Waals surface area contributed by atoms with Crippen molar-refractivity contribution in [1.82, 2.24) is 0 Å². The molecule has 0 bridgehead atoms. The third-order valence-corrected chi connectivity index (χ3v) is 2.09. The molecule has 82 valence electrons. The van der Waals surface area contributed by atoms with E-state index < -0.39 is 0 Å². The Kier molecular flexibility index (Phi) is 4.16. The standard InChI is InChI=1S/C12H17NO2/c1-4-8-15-12(14)13(3)11-7-5-6-10(2)9-11/h5-7,9H,4,8H2,1-3H3. The molecule has 1 aromatic carbocycles. The first-order valence-corrected chi connectivity index (χ1v) is 5.12. The van der Waals surface area contributed by atoms with Crippen molar-refractivity contribution in [3.8, 4) is 0 Å². The zero-order valence-electron chi connectivity index (χ0n) is 9.49. The van der Waals surface area contributed by atoms with Crippen LogP contribution in [-0.2, 0) is 4.74 Å². The van der Waals surface area contributed by atoms with Gasteiger partial charge in [-0.1, -0.05) is 19.1 Å². The normalized spacial score (nSPS) is 9.80. The van der Waals surface area contributed by atoms with E-state index in [1.807, 2.05) is 38.1 Å². The van der Waals surface area contributed by atoms with Crippen molar-refractivity contribution >= 4 is 11.8 Å². The predicted molar refractivity (Wildman–Crippen MR) is 61.2 cm³/mol. The van der Waals surface area contributed by atoms with E-state index in [4.69, 9.17) is 4.74 Å². The smallest absolute Gasteiger partial charge is 0.414 e. The molecule has 0 saturated carbocycles. The number of carbonyl (C=O) groups excluding carboxylic acids is 1. The summed E-state index contributed by atoms with van der Waals surface area (Å²) < 4.78 is 5.03. The van der Waals surface area contributed by atoms with E-state index in [2.05, 4.69) is 0 Å². The zero-order chi connectivity index (χ0) is 11.3. The highest BCUT2D eigenvalue weighted by Crippen LogP contribution is 2.14. The van der Waals surface area contributed by atoms with Gasteiger partial charge in [-0.2, -0.15) is 0 Å². The van der Waals surface area contributed by atoms with Crippen LogP contribution in [0.15, 0.2) is 24.3 Å². The maximum atomic E-state index is 11.5. The molecular formula is C12H17NO2. The van der Waals surface area contributed by atoms with Gasteiger partial charge in [-0.3, -0.25) is 4.90 Å². The Labute approximate surface area is 90.7 Å². The molecule has 15 heavy (non-hydrogen) atoms. The Morgan fingerprint density at radius 3 is 2.80 bits per heavy atom. The largest absolute Gasteiger partial charge is 0.449 e. The first-order chi connectivity index (χ1) is 7.15.